The molecule has 176 valence electrons. The summed E-state index contributed by atoms with van der Waals surface area (Å²) in [5.74, 6) is -1.22. The number of hydrogen-bond donors (Lipinski definition) is 3. The summed E-state index contributed by atoms with van der Waals surface area (Å²) in [5.41, 5.74) is 1.79. The van der Waals surface area contributed by atoms with Gasteiger partial charge in [0, 0.05) is 25.6 Å². The van der Waals surface area contributed by atoms with E-state index in [4.69, 9.17) is 9.15 Å². The minimum absolute atomic E-state index is 0.0199. The number of fused-ring (bicyclic) bond motifs is 1. The van der Waals surface area contributed by atoms with E-state index in [-0.39, 0.29) is 29.6 Å². The van der Waals surface area contributed by atoms with Crippen LogP contribution in [0.3, 0.4) is 0 Å². The van der Waals surface area contributed by atoms with Crippen molar-refractivity contribution in [3.63, 3.8) is 0 Å². The zero-order valence-corrected chi connectivity index (χ0v) is 18.8. The lowest BCUT2D eigenvalue weighted by Crippen LogP contribution is -2.28. The van der Waals surface area contributed by atoms with Gasteiger partial charge in [-0.25, -0.2) is 4.98 Å². The molecule has 3 N–H and O–H groups in total. The molecule has 1 unspecified atom stereocenters. The lowest BCUT2D eigenvalue weighted by Gasteiger charge is -2.19. The molecule has 2 aromatic carbocycles. The van der Waals surface area contributed by atoms with Crippen LogP contribution < -0.4 is 15.5 Å². The first-order chi connectivity index (χ1) is 16.4. The Morgan fingerprint density at radius 2 is 2.00 bits per heavy atom. The van der Waals surface area contributed by atoms with Crippen molar-refractivity contribution in [2.75, 3.05) is 13.7 Å². The SMILES string of the molecule is COc1cc(C(CC(=O)NCCn2cnc3ccccc32)c2oc(C)cc(=O)c2O)ccc1O. The van der Waals surface area contributed by atoms with E-state index in [1.54, 1.807) is 25.4 Å². The molecule has 9 nitrogen and oxygen atoms in total. The summed E-state index contributed by atoms with van der Waals surface area (Å²) >= 11 is 0. The highest BCUT2D eigenvalue weighted by Crippen LogP contribution is 2.37. The molecule has 0 radical (unpaired) electrons. The van der Waals surface area contributed by atoms with E-state index in [0.717, 1.165) is 11.0 Å². The van der Waals surface area contributed by atoms with Crippen LogP contribution in [0.25, 0.3) is 11.0 Å². The van der Waals surface area contributed by atoms with Gasteiger partial charge >= 0.3 is 0 Å². The summed E-state index contributed by atoms with van der Waals surface area (Å²) in [6, 6.07) is 13.5. The first-order valence-electron chi connectivity index (χ1n) is 10.7. The molecule has 9 heteroatoms. The average molecular weight is 463 g/mol. The largest absolute Gasteiger partial charge is 0.504 e. The van der Waals surface area contributed by atoms with Crippen molar-refractivity contribution in [2.24, 2.45) is 0 Å². The number of aromatic hydroxyl groups is 2. The number of aryl methyl sites for hydroxylation is 1. The average Bonchev–Trinajstić information content (AvgIpc) is 3.23. The maximum atomic E-state index is 12.9. The van der Waals surface area contributed by atoms with Crippen molar-refractivity contribution in [3.8, 4) is 17.2 Å². The van der Waals surface area contributed by atoms with E-state index in [9.17, 15) is 19.8 Å². The lowest BCUT2D eigenvalue weighted by atomic mass is 9.91. The number of carbonyl (C=O) groups is 1. The number of rotatable bonds is 8. The number of aromatic nitrogens is 2. The quantitative estimate of drug-likeness (QED) is 0.367. The van der Waals surface area contributed by atoms with Gasteiger partial charge in [0.1, 0.15) is 5.76 Å². The maximum Gasteiger partial charge on any atom is 0.227 e. The van der Waals surface area contributed by atoms with Gasteiger partial charge in [-0.15, -0.1) is 0 Å². The van der Waals surface area contributed by atoms with E-state index >= 15 is 0 Å². The number of carbonyl (C=O) groups excluding carboxylic acids is 1. The van der Waals surface area contributed by atoms with Gasteiger partial charge in [-0.05, 0) is 36.8 Å². The second-order valence-electron chi connectivity index (χ2n) is 7.90. The van der Waals surface area contributed by atoms with Gasteiger partial charge in [0.05, 0.1) is 30.4 Å². The molecule has 4 rings (SSSR count). The fourth-order valence-electron chi connectivity index (χ4n) is 3.90. The Hall–Kier alpha value is -4.27. The van der Waals surface area contributed by atoms with Crippen LogP contribution >= 0.6 is 0 Å². The third-order valence-corrected chi connectivity index (χ3v) is 5.59. The van der Waals surface area contributed by atoms with E-state index in [1.807, 2.05) is 28.8 Å². The topological polar surface area (TPSA) is 127 Å². The maximum absolute atomic E-state index is 12.9. The molecule has 0 aliphatic rings. The van der Waals surface area contributed by atoms with Crippen molar-refractivity contribution in [3.05, 3.63) is 82.2 Å². The molecule has 0 fully saturated rings. The van der Waals surface area contributed by atoms with Gasteiger partial charge < -0.3 is 29.3 Å². The second-order valence-corrected chi connectivity index (χ2v) is 7.90. The first kappa shape index (κ1) is 22.9. The van der Waals surface area contributed by atoms with Crippen LogP contribution in [0.5, 0.6) is 17.2 Å². The minimum atomic E-state index is -0.781. The van der Waals surface area contributed by atoms with Gasteiger partial charge in [0.15, 0.2) is 17.3 Å². The Balaban J connectivity index is 1.55. The third-order valence-electron chi connectivity index (χ3n) is 5.59. The first-order valence-corrected chi connectivity index (χ1v) is 10.7. The van der Waals surface area contributed by atoms with Gasteiger partial charge in [0.2, 0.25) is 17.1 Å². The molecule has 0 aliphatic heterocycles. The lowest BCUT2D eigenvalue weighted by molar-refractivity contribution is -0.121. The van der Waals surface area contributed by atoms with Gasteiger partial charge in [0.25, 0.3) is 0 Å². The zero-order chi connectivity index (χ0) is 24.2. The molecule has 4 aromatic rings. The van der Waals surface area contributed by atoms with E-state index in [0.29, 0.717) is 24.4 Å². The molecule has 0 aliphatic carbocycles. The summed E-state index contributed by atoms with van der Waals surface area (Å²) < 4.78 is 12.8. The normalized spacial score (nSPS) is 11.9. The standard InChI is InChI=1S/C25H25N3O6/c1-15-11-21(30)24(32)25(34-15)17(16-7-8-20(29)22(12-16)33-2)13-23(31)26-9-10-28-14-27-18-5-3-4-6-19(18)28/h3-8,11-12,14,17,29,32H,9-10,13H2,1-2H3,(H,26,31). The minimum Gasteiger partial charge on any atom is -0.504 e. The molecule has 0 bridgehead atoms. The number of hydrogen-bond acceptors (Lipinski definition) is 7. The summed E-state index contributed by atoms with van der Waals surface area (Å²) in [4.78, 5) is 29.4. The van der Waals surface area contributed by atoms with Crippen LogP contribution in [0.2, 0.25) is 0 Å². The Labute approximate surface area is 195 Å². The second kappa shape index (κ2) is 9.70. The van der Waals surface area contributed by atoms with Crippen LogP contribution in [0.4, 0.5) is 0 Å². The summed E-state index contributed by atoms with van der Waals surface area (Å²) in [5, 5.41) is 23.3. The predicted octanol–water partition coefficient (Wildman–Crippen LogP) is 3.06. The molecule has 1 atom stereocenters. The van der Waals surface area contributed by atoms with Crippen LogP contribution in [0.1, 0.15) is 29.4 Å². The predicted molar refractivity (Wildman–Crippen MR) is 125 cm³/mol. The molecule has 0 saturated heterocycles. The van der Waals surface area contributed by atoms with Gasteiger partial charge in [-0.3, -0.25) is 9.59 Å². The molecular formula is C25H25N3O6. The molecule has 2 aromatic heterocycles. The molecule has 1 amide bonds. The van der Waals surface area contributed by atoms with Crippen molar-refractivity contribution in [1.29, 1.82) is 0 Å². The number of para-hydroxylation sites is 2. The summed E-state index contributed by atoms with van der Waals surface area (Å²) in [6.45, 7) is 2.47. The smallest absolute Gasteiger partial charge is 0.227 e. The van der Waals surface area contributed by atoms with E-state index in [2.05, 4.69) is 10.3 Å². The van der Waals surface area contributed by atoms with Crippen LogP contribution in [0.15, 0.2) is 64.1 Å². The molecule has 0 spiro atoms. The highest BCUT2D eigenvalue weighted by molar-refractivity contribution is 5.78. The van der Waals surface area contributed by atoms with Crippen molar-refractivity contribution >= 4 is 16.9 Å². The number of nitrogens with zero attached hydrogens (tertiary/aromatic N) is 2. The number of ether oxygens (including phenoxy) is 1. The van der Waals surface area contributed by atoms with Gasteiger partial charge in [-0.2, -0.15) is 0 Å². The Morgan fingerprint density at radius 3 is 2.79 bits per heavy atom. The Morgan fingerprint density at radius 1 is 1.21 bits per heavy atom. The number of nitrogens with one attached hydrogen (secondary N) is 1. The number of phenolic OH excluding ortho intramolecular Hbond substituents is 1. The Kier molecular flexibility index (Phi) is 6.53. The number of amides is 1. The van der Waals surface area contributed by atoms with Crippen molar-refractivity contribution in [1.82, 2.24) is 14.9 Å². The molecular weight excluding hydrogens is 438 g/mol. The molecule has 34 heavy (non-hydrogen) atoms. The highest BCUT2D eigenvalue weighted by atomic mass is 16.5. The number of methoxy groups -OCH3 is 1. The zero-order valence-electron chi connectivity index (χ0n) is 18.8. The third kappa shape index (κ3) is 4.73. The number of imidazole rings is 1. The highest BCUT2D eigenvalue weighted by Gasteiger charge is 2.26. The Bertz CT molecular complexity index is 1390. The fourth-order valence-corrected chi connectivity index (χ4v) is 3.90. The molecule has 2 heterocycles. The van der Waals surface area contributed by atoms with Crippen molar-refractivity contribution < 1.29 is 24.2 Å². The monoisotopic (exact) mass is 463 g/mol. The van der Waals surface area contributed by atoms with Crippen LogP contribution in [-0.4, -0.2) is 39.3 Å². The van der Waals surface area contributed by atoms with E-state index in [1.165, 1.54) is 19.2 Å². The van der Waals surface area contributed by atoms with Crippen LogP contribution in [0, 0.1) is 6.92 Å². The molecule has 0 saturated carbocycles. The number of phenols is 1. The van der Waals surface area contributed by atoms with Gasteiger partial charge in [-0.1, -0.05) is 18.2 Å². The fraction of sp³-hybridized carbons (Fsp3) is 0.240. The number of benzene rings is 2. The summed E-state index contributed by atoms with van der Waals surface area (Å²) in [6.07, 6.45) is 1.63. The summed E-state index contributed by atoms with van der Waals surface area (Å²) in [7, 11) is 1.41. The van der Waals surface area contributed by atoms with Crippen molar-refractivity contribution in [2.45, 2.75) is 25.8 Å². The van der Waals surface area contributed by atoms with Crippen LogP contribution in [-0.2, 0) is 11.3 Å². The van der Waals surface area contributed by atoms with E-state index < -0.39 is 17.1 Å².